The highest BCUT2D eigenvalue weighted by Crippen LogP contribution is 2.30. The van der Waals surface area contributed by atoms with Crippen molar-refractivity contribution in [3.8, 4) is 0 Å². The maximum Gasteiger partial charge on any atom is 0.434 e. The van der Waals surface area contributed by atoms with Crippen molar-refractivity contribution in [3.05, 3.63) is 40.2 Å². The van der Waals surface area contributed by atoms with Crippen molar-refractivity contribution >= 4 is 17.3 Å². The molecule has 0 aromatic carbocycles. The summed E-state index contributed by atoms with van der Waals surface area (Å²) < 4.78 is 43.4. The van der Waals surface area contributed by atoms with Crippen LogP contribution in [0.15, 0.2) is 33.2 Å². The molecule has 1 fully saturated rings. The zero-order valence-electron chi connectivity index (χ0n) is 14.9. The van der Waals surface area contributed by atoms with Gasteiger partial charge in [-0.1, -0.05) is 19.3 Å². The molecule has 0 atom stereocenters. The van der Waals surface area contributed by atoms with E-state index in [-0.39, 0.29) is 6.54 Å². The van der Waals surface area contributed by atoms with E-state index in [0.717, 1.165) is 35.3 Å². The third-order valence-corrected chi connectivity index (χ3v) is 5.24. The van der Waals surface area contributed by atoms with E-state index < -0.39 is 11.9 Å². The molecule has 0 aliphatic heterocycles. The lowest BCUT2D eigenvalue weighted by atomic mass is 9.96. The quantitative estimate of drug-likeness (QED) is 0.559. The van der Waals surface area contributed by atoms with Crippen molar-refractivity contribution in [3.63, 3.8) is 0 Å². The van der Waals surface area contributed by atoms with Gasteiger partial charge in [0.1, 0.15) is 10.8 Å². The second-order valence-corrected chi connectivity index (χ2v) is 7.47. The average molecular weight is 400 g/mol. The zero-order chi connectivity index (χ0) is 19.1. The molecule has 2 heterocycles. The van der Waals surface area contributed by atoms with E-state index >= 15 is 0 Å². The molecule has 0 radical (unpaired) electrons. The lowest BCUT2D eigenvalue weighted by molar-refractivity contribution is -0.140. The van der Waals surface area contributed by atoms with Crippen LogP contribution in [0.4, 0.5) is 13.2 Å². The normalized spacial score (nSPS) is 16.5. The molecule has 1 saturated carbocycles. The fourth-order valence-electron chi connectivity index (χ4n) is 3.01. The van der Waals surface area contributed by atoms with Crippen LogP contribution in [0.5, 0.6) is 0 Å². The van der Waals surface area contributed by atoms with Crippen molar-refractivity contribution in [2.45, 2.75) is 57.3 Å². The van der Waals surface area contributed by atoms with E-state index in [1.165, 1.54) is 19.3 Å². The Morgan fingerprint density at radius 1 is 1.30 bits per heavy atom. The number of aliphatic imine (C=N–C) groups is 1. The average Bonchev–Trinajstić information content (AvgIpc) is 3.32. The van der Waals surface area contributed by atoms with Gasteiger partial charge in [0.05, 0.1) is 12.8 Å². The fourth-order valence-corrected chi connectivity index (χ4v) is 3.74. The van der Waals surface area contributed by atoms with Crippen molar-refractivity contribution < 1.29 is 17.6 Å². The molecule has 0 bridgehead atoms. The van der Waals surface area contributed by atoms with Gasteiger partial charge in [-0.2, -0.15) is 13.2 Å². The topological polar surface area (TPSA) is 62.5 Å². The molecule has 2 aromatic rings. The molecule has 9 heteroatoms. The Labute approximate surface area is 160 Å². The summed E-state index contributed by atoms with van der Waals surface area (Å²) in [6.07, 6.45) is 3.68. The summed E-state index contributed by atoms with van der Waals surface area (Å²) in [5.41, 5.74) is -0.856. The zero-order valence-corrected chi connectivity index (χ0v) is 15.7. The summed E-state index contributed by atoms with van der Waals surface area (Å²) in [5.74, 6) is 1.48. The molecule has 1 aliphatic carbocycles. The molecule has 0 saturated heterocycles. The highest BCUT2D eigenvalue weighted by atomic mass is 32.1. The second-order valence-electron chi connectivity index (χ2n) is 6.52. The number of alkyl halides is 3. The van der Waals surface area contributed by atoms with Crippen LogP contribution in [0.1, 0.15) is 48.6 Å². The van der Waals surface area contributed by atoms with Crippen molar-refractivity contribution in [1.82, 2.24) is 15.6 Å². The molecule has 5 nitrogen and oxygen atoms in total. The number of hydrogen-bond donors (Lipinski definition) is 2. The van der Waals surface area contributed by atoms with Crippen LogP contribution in [-0.2, 0) is 19.1 Å². The van der Waals surface area contributed by atoms with E-state index in [1.54, 1.807) is 6.26 Å². The van der Waals surface area contributed by atoms with Gasteiger partial charge in [-0.3, -0.25) is 0 Å². The summed E-state index contributed by atoms with van der Waals surface area (Å²) in [7, 11) is 0. The number of hydrogen-bond acceptors (Lipinski definition) is 4. The lowest BCUT2D eigenvalue weighted by Gasteiger charge is -2.25. The first-order valence-corrected chi connectivity index (χ1v) is 9.97. The molecule has 0 amide bonds. The first-order valence-electron chi connectivity index (χ1n) is 9.09. The smallest absolute Gasteiger partial charge is 0.434 e. The molecule has 148 valence electrons. The van der Waals surface area contributed by atoms with E-state index in [0.29, 0.717) is 30.0 Å². The first kappa shape index (κ1) is 19.7. The molecule has 3 rings (SSSR count). The van der Waals surface area contributed by atoms with Gasteiger partial charge in [-0.25, -0.2) is 9.98 Å². The summed E-state index contributed by atoms with van der Waals surface area (Å²) >= 11 is 0.978. The van der Waals surface area contributed by atoms with Crippen LogP contribution in [0.25, 0.3) is 0 Å². The van der Waals surface area contributed by atoms with E-state index in [9.17, 15) is 13.2 Å². The number of halogens is 3. The lowest BCUT2D eigenvalue weighted by Crippen LogP contribution is -2.44. The summed E-state index contributed by atoms with van der Waals surface area (Å²) in [6.45, 7) is 0.737. The Balaban J connectivity index is 1.60. The van der Waals surface area contributed by atoms with Crippen LogP contribution in [0.2, 0.25) is 0 Å². The number of nitrogens with zero attached hydrogens (tertiary/aromatic N) is 2. The van der Waals surface area contributed by atoms with Crippen LogP contribution >= 0.6 is 11.3 Å². The minimum absolute atomic E-state index is 0.115. The number of nitrogens with one attached hydrogen (secondary N) is 2. The van der Waals surface area contributed by atoms with Crippen molar-refractivity contribution in [2.75, 3.05) is 6.54 Å². The SMILES string of the molecule is FC(F)(F)c1csc(CN=C(NCCc2ccco2)NC2CCCCC2)n1. The molecule has 27 heavy (non-hydrogen) atoms. The van der Waals surface area contributed by atoms with Gasteiger partial charge in [-0.05, 0) is 25.0 Å². The maximum absolute atomic E-state index is 12.7. The third kappa shape index (κ3) is 6.27. The van der Waals surface area contributed by atoms with Gasteiger partial charge in [0.25, 0.3) is 0 Å². The molecule has 0 spiro atoms. The minimum Gasteiger partial charge on any atom is -0.469 e. The Kier molecular flexibility index (Phi) is 6.76. The number of furan rings is 1. The Hall–Kier alpha value is -2.03. The Morgan fingerprint density at radius 3 is 2.78 bits per heavy atom. The van der Waals surface area contributed by atoms with E-state index in [4.69, 9.17) is 4.42 Å². The van der Waals surface area contributed by atoms with Gasteiger partial charge in [0.15, 0.2) is 11.7 Å². The Morgan fingerprint density at radius 2 is 2.11 bits per heavy atom. The van der Waals surface area contributed by atoms with Crippen LogP contribution in [0.3, 0.4) is 0 Å². The number of guanidine groups is 1. The Bertz CT molecular complexity index is 721. The highest BCUT2D eigenvalue weighted by molar-refractivity contribution is 7.09. The summed E-state index contributed by atoms with van der Waals surface area (Å²) in [5, 5.41) is 8.03. The first-order chi connectivity index (χ1) is 13.0. The number of thiazole rings is 1. The predicted molar refractivity (Wildman–Crippen MR) is 98.7 cm³/mol. The van der Waals surface area contributed by atoms with Crippen LogP contribution in [0, 0.1) is 0 Å². The molecular formula is C18H23F3N4OS. The van der Waals surface area contributed by atoms with E-state index in [2.05, 4.69) is 20.6 Å². The van der Waals surface area contributed by atoms with Gasteiger partial charge in [0, 0.05) is 24.4 Å². The summed E-state index contributed by atoms with van der Waals surface area (Å²) in [4.78, 5) is 8.08. The second kappa shape index (κ2) is 9.25. The highest BCUT2D eigenvalue weighted by Gasteiger charge is 2.33. The molecule has 0 unspecified atom stereocenters. The largest absolute Gasteiger partial charge is 0.469 e. The van der Waals surface area contributed by atoms with Gasteiger partial charge in [-0.15, -0.1) is 11.3 Å². The van der Waals surface area contributed by atoms with Gasteiger partial charge in [0.2, 0.25) is 0 Å². The third-order valence-electron chi connectivity index (χ3n) is 4.40. The predicted octanol–water partition coefficient (Wildman–Crippen LogP) is 4.37. The maximum atomic E-state index is 12.7. The molecule has 1 aliphatic rings. The number of aromatic nitrogens is 1. The van der Waals surface area contributed by atoms with Gasteiger partial charge < -0.3 is 15.1 Å². The van der Waals surface area contributed by atoms with Crippen LogP contribution < -0.4 is 10.6 Å². The molecule has 2 N–H and O–H groups in total. The fraction of sp³-hybridized carbons (Fsp3) is 0.556. The monoisotopic (exact) mass is 400 g/mol. The summed E-state index contributed by atoms with van der Waals surface area (Å²) in [6, 6.07) is 4.09. The number of rotatable bonds is 6. The molecule has 2 aromatic heterocycles. The van der Waals surface area contributed by atoms with Crippen molar-refractivity contribution in [2.24, 2.45) is 4.99 Å². The minimum atomic E-state index is -4.41. The molecular weight excluding hydrogens is 377 g/mol. The standard InChI is InChI=1S/C18H23F3N4OS/c19-18(20,21)15-12-27-16(25-15)11-23-17(24-13-5-2-1-3-6-13)22-9-8-14-7-4-10-26-14/h4,7,10,12-13H,1-3,5-6,8-9,11H2,(H2,22,23,24). The van der Waals surface area contributed by atoms with Crippen molar-refractivity contribution in [1.29, 1.82) is 0 Å². The van der Waals surface area contributed by atoms with E-state index in [1.807, 2.05) is 12.1 Å². The van der Waals surface area contributed by atoms with Crippen LogP contribution in [-0.4, -0.2) is 23.5 Å². The van der Waals surface area contributed by atoms with Gasteiger partial charge >= 0.3 is 6.18 Å².